The molecule has 1 aliphatic rings. The topological polar surface area (TPSA) is 24.7 Å². The van der Waals surface area contributed by atoms with Crippen molar-refractivity contribution in [2.45, 2.75) is 0 Å². The van der Waals surface area contributed by atoms with Gasteiger partial charge < -0.3 is 0 Å². The van der Waals surface area contributed by atoms with Crippen molar-refractivity contribution in [1.29, 1.82) is 0 Å². The lowest BCUT2D eigenvalue weighted by Gasteiger charge is -2.05. The third-order valence-corrected chi connectivity index (χ3v) is 4.20. The van der Waals surface area contributed by atoms with Crippen molar-refractivity contribution in [2.24, 2.45) is 9.98 Å². The number of rotatable bonds is 3. The van der Waals surface area contributed by atoms with Gasteiger partial charge in [0, 0.05) is 21.7 Å². The van der Waals surface area contributed by atoms with Crippen LogP contribution in [0, 0.1) is 6.17 Å². The molecule has 0 fully saturated rings. The molecule has 2 nitrogen and oxygen atoms in total. The molecule has 1 heterocycles. The van der Waals surface area contributed by atoms with E-state index in [0.29, 0.717) is 11.2 Å². The Morgan fingerprint density at radius 1 is 0.542 bits per heavy atom. The molecule has 1 radical (unpaired) electrons. The molecule has 24 heavy (non-hydrogen) atoms. The van der Waals surface area contributed by atoms with Crippen LogP contribution in [0.25, 0.3) is 0 Å². The summed E-state index contributed by atoms with van der Waals surface area (Å²) >= 11 is 6.33. The predicted molar refractivity (Wildman–Crippen MR) is 99.8 cm³/mol. The van der Waals surface area contributed by atoms with Gasteiger partial charge in [-0.05, 0) is 6.07 Å². The molecule has 0 aliphatic carbocycles. The molecule has 3 aromatic rings. The van der Waals surface area contributed by atoms with Crippen molar-refractivity contribution >= 4 is 23.0 Å². The number of hydrogen-bond donors (Lipinski definition) is 0. The van der Waals surface area contributed by atoms with Crippen LogP contribution in [0.1, 0.15) is 16.7 Å². The lowest BCUT2D eigenvalue weighted by atomic mass is 10.0. The molecule has 0 atom stereocenters. The molecule has 0 spiro atoms. The van der Waals surface area contributed by atoms with E-state index < -0.39 is 0 Å². The molecule has 0 bridgehead atoms. The number of nitrogens with zero attached hydrogens (tertiary/aromatic N) is 2. The van der Waals surface area contributed by atoms with Gasteiger partial charge in [-0.2, -0.15) is 0 Å². The van der Waals surface area contributed by atoms with Gasteiger partial charge in [-0.3, -0.25) is 0 Å². The Morgan fingerprint density at radius 2 is 1.00 bits per heavy atom. The third kappa shape index (κ3) is 2.77. The first kappa shape index (κ1) is 14.9. The van der Waals surface area contributed by atoms with Gasteiger partial charge in [0.05, 0.1) is 11.4 Å². The molecule has 115 valence electrons. The zero-order chi connectivity index (χ0) is 16.4. The molecular formula is C21H14ClN2. The maximum Gasteiger partial charge on any atom is 0.227 e. The van der Waals surface area contributed by atoms with Crippen molar-refractivity contribution < 1.29 is 0 Å². The van der Waals surface area contributed by atoms with Gasteiger partial charge in [0.15, 0.2) is 0 Å². The minimum absolute atomic E-state index is 0.651. The van der Waals surface area contributed by atoms with E-state index in [9.17, 15) is 0 Å². The second-order valence-electron chi connectivity index (χ2n) is 5.46. The quantitative estimate of drug-likeness (QED) is 0.633. The van der Waals surface area contributed by atoms with E-state index in [1.54, 1.807) is 0 Å². The molecule has 1 aliphatic heterocycles. The smallest absolute Gasteiger partial charge is 0.227 e. The zero-order valence-electron chi connectivity index (χ0n) is 12.9. The fourth-order valence-corrected chi connectivity index (χ4v) is 2.92. The highest BCUT2D eigenvalue weighted by atomic mass is 35.5. The Morgan fingerprint density at radius 3 is 1.50 bits per heavy atom. The van der Waals surface area contributed by atoms with Crippen LogP contribution in [-0.2, 0) is 0 Å². The Balaban J connectivity index is 1.85. The van der Waals surface area contributed by atoms with E-state index in [0.717, 1.165) is 28.1 Å². The van der Waals surface area contributed by atoms with Crippen LogP contribution in [0.2, 0.25) is 5.02 Å². The summed E-state index contributed by atoms with van der Waals surface area (Å²) < 4.78 is 0. The van der Waals surface area contributed by atoms with Crippen LogP contribution in [0.3, 0.4) is 0 Å². The van der Waals surface area contributed by atoms with Crippen molar-refractivity contribution in [3.63, 3.8) is 0 Å². The summed E-state index contributed by atoms with van der Waals surface area (Å²) in [6, 6.07) is 27.9. The van der Waals surface area contributed by atoms with E-state index in [1.807, 2.05) is 84.9 Å². The van der Waals surface area contributed by atoms with Crippen LogP contribution in [0.4, 0.5) is 0 Å². The molecule has 0 saturated carbocycles. The predicted octanol–water partition coefficient (Wildman–Crippen LogP) is 5.17. The van der Waals surface area contributed by atoms with Gasteiger partial charge in [0.1, 0.15) is 0 Å². The number of aliphatic imine (C=N–C) groups is 2. The monoisotopic (exact) mass is 329 g/mol. The second-order valence-corrected chi connectivity index (χ2v) is 5.86. The van der Waals surface area contributed by atoms with Crippen LogP contribution in [0.5, 0.6) is 0 Å². The SMILES string of the molecule is Clc1ccccc1[C]1N=C(c2ccccc2)C(c2ccccc2)=N1. The van der Waals surface area contributed by atoms with Gasteiger partial charge in [-0.25, -0.2) is 9.98 Å². The fraction of sp³-hybridized carbons (Fsp3) is 0. The average molecular weight is 330 g/mol. The molecule has 0 N–H and O–H groups in total. The van der Waals surface area contributed by atoms with Gasteiger partial charge in [0.25, 0.3) is 0 Å². The molecule has 3 heteroatoms. The molecule has 0 amide bonds. The second kappa shape index (κ2) is 6.42. The van der Waals surface area contributed by atoms with Crippen LogP contribution in [0.15, 0.2) is 94.9 Å². The molecule has 0 saturated heterocycles. The minimum atomic E-state index is 0.651. The summed E-state index contributed by atoms with van der Waals surface area (Å²) in [4.78, 5) is 9.58. The Hall–Kier alpha value is -2.71. The number of benzene rings is 3. The normalized spacial score (nSPS) is 14.4. The largest absolute Gasteiger partial charge is 0.243 e. The molecule has 0 unspecified atom stereocenters. The van der Waals surface area contributed by atoms with E-state index in [1.165, 1.54) is 0 Å². The van der Waals surface area contributed by atoms with Gasteiger partial charge in [-0.15, -0.1) is 0 Å². The van der Waals surface area contributed by atoms with Crippen LogP contribution < -0.4 is 0 Å². The van der Waals surface area contributed by atoms with Gasteiger partial charge in [0.2, 0.25) is 6.17 Å². The molecular weight excluding hydrogens is 316 g/mol. The molecule has 0 aromatic heterocycles. The molecule has 4 rings (SSSR count). The van der Waals surface area contributed by atoms with E-state index in [-0.39, 0.29) is 0 Å². The lowest BCUT2D eigenvalue weighted by molar-refractivity contribution is 1.07. The first-order valence-electron chi connectivity index (χ1n) is 7.73. The zero-order valence-corrected chi connectivity index (χ0v) is 13.6. The fourth-order valence-electron chi connectivity index (χ4n) is 2.70. The molecule has 3 aromatic carbocycles. The van der Waals surface area contributed by atoms with Crippen molar-refractivity contribution in [1.82, 2.24) is 0 Å². The van der Waals surface area contributed by atoms with Gasteiger partial charge in [-0.1, -0.05) is 90.5 Å². The summed E-state index contributed by atoms with van der Waals surface area (Å²) in [5, 5.41) is 0.654. The van der Waals surface area contributed by atoms with E-state index >= 15 is 0 Å². The van der Waals surface area contributed by atoms with Crippen LogP contribution >= 0.6 is 11.6 Å². The maximum absolute atomic E-state index is 6.33. The van der Waals surface area contributed by atoms with E-state index in [4.69, 9.17) is 21.6 Å². The summed E-state index contributed by atoms with van der Waals surface area (Å²) in [7, 11) is 0. The highest BCUT2D eigenvalue weighted by Crippen LogP contribution is 2.31. The Labute approximate surface area is 146 Å². The first-order valence-corrected chi connectivity index (χ1v) is 8.11. The van der Waals surface area contributed by atoms with Crippen molar-refractivity contribution in [3.8, 4) is 0 Å². The number of halogens is 1. The average Bonchev–Trinajstić information content (AvgIpc) is 3.09. The van der Waals surface area contributed by atoms with Crippen molar-refractivity contribution in [3.05, 3.63) is 113 Å². The van der Waals surface area contributed by atoms with Gasteiger partial charge >= 0.3 is 0 Å². The van der Waals surface area contributed by atoms with Crippen LogP contribution in [-0.4, -0.2) is 11.4 Å². The Bertz CT molecular complexity index is 859. The summed E-state index contributed by atoms with van der Waals surface area (Å²) in [5.74, 6) is 0. The number of hydrogen-bond acceptors (Lipinski definition) is 2. The van der Waals surface area contributed by atoms with E-state index in [2.05, 4.69) is 0 Å². The lowest BCUT2D eigenvalue weighted by Crippen LogP contribution is -2.13. The summed E-state index contributed by atoms with van der Waals surface area (Å²) in [6.07, 6.45) is 0.651. The highest BCUT2D eigenvalue weighted by Gasteiger charge is 2.26. The summed E-state index contributed by atoms with van der Waals surface area (Å²) in [5.41, 5.74) is 4.68. The third-order valence-electron chi connectivity index (χ3n) is 3.87. The summed E-state index contributed by atoms with van der Waals surface area (Å²) in [6.45, 7) is 0. The highest BCUT2D eigenvalue weighted by molar-refractivity contribution is 6.55. The van der Waals surface area contributed by atoms with Crippen molar-refractivity contribution in [2.75, 3.05) is 0 Å². The first-order chi connectivity index (χ1) is 11.8. The Kier molecular flexibility index (Phi) is 3.97. The maximum atomic E-state index is 6.33. The standard InChI is InChI=1S/C21H14ClN2/c22-18-14-8-7-13-17(18)21-23-19(15-9-3-1-4-10-15)20(24-21)16-11-5-2-6-12-16/h1-14H. The minimum Gasteiger partial charge on any atom is -0.243 e.